The molecule has 1 N–H and O–H groups in total. The fourth-order valence-corrected chi connectivity index (χ4v) is 2.43. The van der Waals surface area contributed by atoms with Crippen LogP contribution in [-0.2, 0) is 9.47 Å². The normalized spacial score (nSPS) is 17.8. The molecule has 1 aliphatic rings. The monoisotopic (exact) mass is 314 g/mol. The van der Waals surface area contributed by atoms with Crippen molar-refractivity contribution in [3.63, 3.8) is 0 Å². The Morgan fingerprint density at radius 3 is 2.04 bits per heavy atom. The van der Waals surface area contributed by atoms with E-state index < -0.39 is 5.79 Å². The average molecular weight is 314 g/mol. The smallest absolute Gasteiger partial charge is 0.162 e. The van der Waals surface area contributed by atoms with Crippen LogP contribution in [0.2, 0.25) is 0 Å². The molecule has 2 aromatic carbocycles. The van der Waals surface area contributed by atoms with Crippen molar-refractivity contribution in [2.45, 2.75) is 19.6 Å². The molecule has 1 aliphatic heterocycles. The first kappa shape index (κ1) is 15.8. The van der Waals surface area contributed by atoms with Crippen molar-refractivity contribution in [1.29, 1.82) is 0 Å². The van der Waals surface area contributed by atoms with Gasteiger partial charge in [-0.05, 0) is 49.2 Å². The minimum atomic E-state index is -0.484. The molecule has 1 heterocycles. The van der Waals surface area contributed by atoms with E-state index in [2.05, 4.69) is 0 Å². The zero-order chi connectivity index (χ0) is 16.3. The predicted molar refractivity (Wildman–Crippen MR) is 88.5 cm³/mol. The molecule has 0 aromatic heterocycles. The second-order valence-corrected chi connectivity index (χ2v) is 6.27. The molecule has 23 heavy (non-hydrogen) atoms. The lowest BCUT2D eigenvalue weighted by Gasteiger charge is -2.34. The molecule has 0 aliphatic carbocycles. The molecule has 0 saturated carbocycles. The Balaban J connectivity index is 1.55. The largest absolute Gasteiger partial charge is 0.508 e. The lowest BCUT2D eigenvalue weighted by atomic mass is 10.1. The van der Waals surface area contributed by atoms with Gasteiger partial charge in [0, 0.05) is 5.92 Å². The summed E-state index contributed by atoms with van der Waals surface area (Å²) in [4.78, 5) is 0. The quantitative estimate of drug-likeness (QED) is 0.931. The zero-order valence-electron chi connectivity index (χ0n) is 13.5. The first-order chi connectivity index (χ1) is 11.0. The number of benzene rings is 2. The summed E-state index contributed by atoms with van der Waals surface area (Å²) in [5.41, 5.74) is 2.15. The summed E-state index contributed by atoms with van der Waals surface area (Å²) in [7, 11) is 0. The second kappa shape index (κ2) is 6.60. The Bertz CT molecular complexity index is 621. The van der Waals surface area contributed by atoms with Gasteiger partial charge in [0.05, 0.1) is 19.8 Å². The van der Waals surface area contributed by atoms with E-state index >= 15 is 0 Å². The van der Waals surface area contributed by atoms with Crippen LogP contribution in [0.1, 0.15) is 13.8 Å². The number of ether oxygens (including phenoxy) is 3. The van der Waals surface area contributed by atoms with E-state index in [-0.39, 0.29) is 11.7 Å². The van der Waals surface area contributed by atoms with Crippen LogP contribution in [0, 0.1) is 5.92 Å². The third-order valence-electron chi connectivity index (χ3n) is 3.87. The van der Waals surface area contributed by atoms with Crippen LogP contribution in [0.5, 0.6) is 11.5 Å². The van der Waals surface area contributed by atoms with Crippen LogP contribution in [0.3, 0.4) is 0 Å². The zero-order valence-corrected chi connectivity index (χ0v) is 13.5. The van der Waals surface area contributed by atoms with Gasteiger partial charge in [-0.1, -0.05) is 24.3 Å². The molecule has 0 unspecified atom stereocenters. The van der Waals surface area contributed by atoms with Crippen LogP contribution in [0.15, 0.2) is 48.5 Å². The highest BCUT2D eigenvalue weighted by Gasteiger charge is 2.28. The first-order valence-corrected chi connectivity index (χ1v) is 7.82. The highest BCUT2D eigenvalue weighted by Crippen LogP contribution is 2.25. The Labute approximate surface area is 136 Å². The molecule has 2 aromatic rings. The third kappa shape index (κ3) is 4.24. The molecular weight excluding hydrogens is 292 g/mol. The molecule has 122 valence electrons. The van der Waals surface area contributed by atoms with E-state index in [0.717, 1.165) is 16.9 Å². The molecule has 0 amide bonds. The van der Waals surface area contributed by atoms with Crippen LogP contribution < -0.4 is 4.74 Å². The van der Waals surface area contributed by atoms with E-state index in [1.54, 1.807) is 12.1 Å². The van der Waals surface area contributed by atoms with E-state index in [9.17, 15) is 5.11 Å². The van der Waals surface area contributed by atoms with Crippen molar-refractivity contribution < 1.29 is 19.3 Å². The van der Waals surface area contributed by atoms with Gasteiger partial charge >= 0.3 is 0 Å². The summed E-state index contributed by atoms with van der Waals surface area (Å²) in [6.45, 7) is 5.73. The van der Waals surface area contributed by atoms with Crippen molar-refractivity contribution in [2.75, 3.05) is 19.8 Å². The number of hydrogen-bond donors (Lipinski definition) is 1. The third-order valence-corrected chi connectivity index (χ3v) is 3.87. The fraction of sp³-hybridized carbons (Fsp3) is 0.368. The van der Waals surface area contributed by atoms with E-state index in [1.165, 1.54) is 0 Å². The summed E-state index contributed by atoms with van der Waals surface area (Å²) >= 11 is 0. The number of rotatable bonds is 4. The van der Waals surface area contributed by atoms with Crippen molar-refractivity contribution in [3.8, 4) is 22.6 Å². The SMILES string of the molecule is CC1(C)OCC(COc2ccc(-c3ccc(O)cc3)cc2)CO1. The molecule has 1 fully saturated rings. The van der Waals surface area contributed by atoms with Crippen molar-refractivity contribution in [2.24, 2.45) is 5.92 Å². The molecule has 4 nitrogen and oxygen atoms in total. The van der Waals surface area contributed by atoms with Crippen LogP contribution in [-0.4, -0.2) is 30.7 Å². The van der Waals surface area contributed by atoms with Crippen LogP contribution in [0.4, 0.5) is 0 Å². The minimum absolute atomic E-state index is 0.250. The number of aromatic hydroxyl groups is 1. The predicted octanol–water partition coefficient (Wildman–Crippen LogP) is 3.84. The molecule has 1 saturated heterocycles. The first-order valence-electron chi connectivity index (χ1n) is 7.82. The lowest BCUT2D eigenvalue weighted by molar-refractivity contribution is -0.264. The van der Waals surface area contributed by atoms with Gasteiger partial charge in [0.1, 0.15) is 11.5 Å². The molecule has 0 atom stereocenters. The van der Waals surface area contributed by atoms with Gasteiger partial charge in [-0.3, -0.25) is 0 Å². The maximum absolute atomic E-state index is 9.33. The van der Waals surface area contributed by atoms with E-state index in [0.29, 0.717) is 19.8 Å². The molecular formula is C19H22O4. The van der Waals surface area contributed by atoms with Gasteiger partial charge in [0.2, 0.25) is 0 Å². The summed E-state index contributed by atoms with van der Waals surface area (Å²) in [5, 5.41) is 9.33. The Morgan fingerprint density at radius 1 is 0.957 bits per heavy atom. The highest BCUT2D eigenvalue weighted by molar-refractivity contribution is 5.64. The van der Waals surface area contributed by atoms with Gasteiger partial charge in [-0.25, -0.2) is 0 Å². The summed E-state index contributed by atoms with van der Waals surface area (Å²) in [5.74, 6) is 0.869. The minimum Gasteiger partial charge on any atom is -0.508 e. The number of phenols is 1. The molecule has 0 radical (unpaired) electrons. The highest BCUT2D eigenvalue weighted by atomic mass is 16.7. The Kier molecular flexibility index (Phi) is 4.55. The van der Waals surface area contributed by atoms with Gasteiger partial charge in [0.15, 0.2) is 5.79 Å². The van der Waals surface area contributed by atoms with Crippen molar-refractivity contribution in [3.05, 3.63) is 48.5 Å². The fourth-order valence-electron chi connectivity index (χ4n) is 2.43. The van der Waals surface area contributed by atoms with Crippen LogP contribution >= 0.6 is 0 Å². The van der Waals surface area contributed by atoms with Crippen LogP contribution in [0.25, 0.3) is 11.1 Å². The maximum Gasteiger partial charge on any atom is 0.162 e. The molecule has 4 heteroatoms. The topological polar surface area (TPSA) is 47.9 Å². The molecule has 3 rings (SSSR count). The van der Waals surface area contributed by atoms with E-state index in [1.807, 2.05) is 50.2 Å². The number of hydrogen-bond acceptors (Lipinski definition) is 4. The van der Waals surface area contributed by atoms with Gasteiger partial charge in [-0.2, -0.15) is 0 Å². The Hall–Kier alpha value is -2.04. The lowest BCUT2D eigenvalue weighted by Crippen LogP contribution is -2.41. The van der Waals surface area contributed by atoms with E-state index in [4.69, 9.17) is 14.2 Å². The van der Waals surface area contributed by atoms with Crippen molar-refractivity contribution >= 4 is 0 Å². The number of phenolic OH excluding ortho intramolecular Hbond substituents is 1. The summed E-state index contributed by atoms with van der Waals surface area (Å²) in [6, 6.07) is 15.1. The van der Waals surface area contributed by atoms with Gasteiger partial charge in [-0.15, -0.1) is 0 Å². The molecule has 0 spiro atoms. The van der Waals surface area contributed by atoms with Gasteiger partial charge < -0.3 is 19.3 Å². The average Bonchev–Trinajstić information content (AvgIpc) is 2.55. The standard InChI is InChI=1S/C19H22O4/c1-19(2)22-12-14(13-23-19)11-21-18-9-5-16(6-10-18)15-3-7-17(20)8-4-15/h3-10,14,20H,11-13H2,1-2H3. The summed E-state index contributed by atoms with van der Waals surface area (Å²) in [6.07, 6.45) is 0. The Morgan fingerprint density at radius 2 is 1.48 bits per heavy atom. The summed E-state index contributed by atoms with van der Waals surface area (Å²) < 4.78 is 17.1. The maximum atomic E-state index is 9.33. The van der Waals surface area contributed by atoms with Crippen molar-refractivity contribution in [1.82, 2.24) is 0 Å². The van der Waals surface area contributed by atoms with Gasteiger partial charge in [0.25, 0.3) is 0 Å². The second-order valence-electron chi connectivity index (χ2n) is 6.27. The molecule has 0 bridgehead atoms.